The van der Waals surface area contributed by atoms with Crippen molar-refractivity contribution in [3.05, 3.63) is 40.6 Å². The standard InChI is InChI=1S/C19H24ClN7O3.C2H6/c1-10(9-28)23-18(30)14-8-15(26-19(20)25-14)27-6-4-11(5-7-27)13-3-2-12(21)16(24-13)17(22)29;1-2/h2-3,8,10-11,28H,4-7,9,21H2,1H3,(H2,22,29)(H,23,30);1-2H3. The Kier molecular flexibility index (Phi) is 9.15. The molecule has 0 saturated carbocycles. The van der Waals surface area contributed by atoms with Gasteiger partial charge >= 0.3 is 0 Å². The molecular formula is C21H30ClN7O3. The fourth-order valence-corrected chi connectivity index (χ4v) is 3.52. The number of aliphatic hydroxyl groups is 1. The molecule has 10 nitrogen and oxygen atoms in total. The maximum Gasteiger partial charge on any atom is 0.270 e. The van der Waals surface area contributed by atoms with Gasteiger partial charge in [0.15, 0.2) is 5.69 Å². The number of hydrogen-bond donors (Lipinski definition) is 4. The molecule has 3 rings (SSSR count). The Bertz CT molecular complexity index is 949. The lowest BCUT2D eigenvalue weighted by Crippen LogP contribution is -2.36. The number of nitrogens with two attached hydrogens (primary N) is 2. The zero-order valence-corrected chi connectivity index (χ0v) is 19.3. The largest absolute Gasteiger partial charge is 0.397 e. The maximum absolute atomic E-state index is 12.3. The first-order valence-corrected chi connectivity index (χ1v) is 10.9. The van der Waals surface area contributed by atoms with E-state index >= 15 is 0 Å². The van der Waals surface area contributed by atoms with Crippen molar-refractivity contribution in [1.29, 1.82) is 0 Å². The van der Waals surface area contributed by atoms with Crippen LogP contribution < -0.4 is 21.7 Å². The molecule has 1 atom stereocenters. The summed E-state index contributed by atoms with van der Waals surface area (Å²) in [6.45, 7) is 6.82. The minimum Gasteiger partial charge on any atom is -0.397 e. The lowest BCUT2D eigenvalue weighted by molar-refractivity contribution is 0.0916. The van der Waals surface area contributed by atoms with Gasteiger partial charge in [-0.3, -0.25) is 9.59 Å². The molecule has 1 unspecified atom stereocenters. The van der Waals surface area contributed by atoms with E-state index in [0.717, 1.165) is 18.5 Å². The summed E-state index contributed by atoms with van der Waals surface area (Å²) in [5, 5.41) is 11.7. The Morgan fingerprint density at radius 2 is 1.91 bits per heavy atom. The molecule has 1 fully saturated rings. The molecule has 32 heavy (non-hydrogen) atoms. The van der Waals surface area contributed by atoms with Crippen LogP contribution in [0.5, 0.6) is 0 Å². The summed E-state index contributed by atoms with van der Waals surface area (Å²) < 4.78 is 0. The number of carbonyl (C=O) groups is 2. The molecule has 0 aliphatic carbocycles. The SMILES string of the molecule is CC.CC(CO)NC(=O)c1cc(N2CCC(c3ccc(N)c(C(N)=O)n3)CC2)nc(Cl)n1. The Labute approximate surface area is 192 Å². The lowest BCUT2D eigenvalue weighted by Gasteiger charge is -2.32. The summed E-state index contributed by atoms with van der Waals surface area (Å²) >= 11 is 6.03. The van der Waals surface area contributed by atoms with Crippen molar-refractivity contribution in [1.82, 2.24) is 20.3 Å². The normalized spacial score (nSPS) is 14.8. The summed E-state index contributed by atoms with van der Waals surface area (Å²) in [5.74, 6) is -0.380. The number of nitrogens with zero attached hydrogens (tertiary/aromatic N) is 4. The number of primary amides is 1. The molecule has 0 radical (unpaired) electrons. The van der Waals surface area contributed by atoms with Crippen LogP contribution in [0.2, 0.25) is 5.28 Å². The van der Waals surface area contributed by atoms with Crippen LogP contribution in [0.25, 0.3) is 0 Å². The Morgan fingerprint density at radius 3 is 2.50 bits per heavy atom. The first-order chi connectivity index (χ1) is 15.3. The smallest absolute Gasteiger partial charge is 0.270 e. The molecule has 0 spiro atoms. The lowest BCUT2D eigenvalue weighted by atomic mass is 9.92. The van der Waals surface area contributed by atoms with Gasteiger partial charge in [0.2, 0.25) is 5.28 Å². The van der Waals surface area contributed by atoms with Gasteiger partial charge in [0.25, 0.3) is 11.8 Å². The van der Waals surface area contributed by atoms with Crippen LogP contribution in [0.1, 0.15) is 66.2 Å². The van der Waals surface area contributed by atoms with Crippen molar-refractivity contribution in [3.63, 3.8) is 0 Å². The molecule has 0 bridgehead atoms. The number of piperidine rings is 1. The number of aliphatic hydroxyl groups excluding tert-OH is 1. The van der Waals surface area contributed by atoms with Crippen LogP contribution in [-0.2, 0) is 0 Å². The highest BCUT2D eigenvalue weighted by atomic mass is 35.5. The number of anilines is 2. The predicted octanol–water partition coefficient (Wildman–Crippen LogP) is 1.73. The van der Waals surface area contributed by atoms with Crippen molar-refractivity contribution >= 4 is 34.9 Å². The molecule has 0 aromatic carbocycles. The number of rotatable bonds is 6. The summed E-state index contributed by atoms with van der Waals surface area (Å²) in [6.07, 6.45) is 1.53. The van der Waals surface area contributed by atoms with Gasteiger partial charge in [-0.15, -0.1) is 0 Å². The van der Waals surface area contributed by atoms with Gasteiger partial charge in [-0.05, 0) is 43.5 Å². The zero-order valence-electron chi connectivity index (χ0n) is 18.5. The molecule has 6 N–H and O–H groups in total. The summed E-state index contributed by atoms with van der Waals surface area (Å²) in [6, 6.07) is 4.65. The third-order valence-electron chi connectivity index (χ3n) is 4.99. The molecule has 174 valence electrons. The van der Waals surface area contributed by atoms with E-state index in [1.165, 1.54) is 0 Å². The fourth-order valence-electron chi connectivity index (χ4n) is 3.34. The second kappa shape index (κ2) is 11.6. The molecule has 3 heterocycles. The van der Waals surface area contributed by atoms with E-state index in [9.17, 15) is 9.59 Å². The molecule has 2 aromatic heterocycles. The monoisotopic (exact) mass is 463 g/mol. The summed E-state index contributed by atoms with van der Waals surface area (Å²) in [4.78, 5) is 38.4. The quantitative estimate of drug-likeness (QED) is 0.471. The number of nitrogen functional groups attached to an aromatic ring is 1. The van der Waals surface area contributed by atoms with Crippen LogP contribution >= 0.6 is 11.6 Å². The number of halogens is 1. The molecule has 1 saturated heterocycles. The zero-order chi connectivity index (χ0) is 23.8. The Hall–Kier alpha value is -2.98. The van der Waals surface area contributed by atoms with Gasteiger partial charge in [-0.1, -0.05) is 13.8 Å². The topological polar surface area (TPSA) is 160 Å². The van der Waals surface area contributed by atoms with E-state index in [1.807, 2.05) is 24.8 Å². The molecule has 2 amide bonds. The van der Waals surface area contributed by atoms with E-state index in [4.69, 9.17) is 28.2 Å². The molecular weight excluding hydrogens is 434 g/mol. The summed E-state index contributed by atoms with van der Waals surface area (Å²) in [5.41, 5.74) is 12.4. The minimum atomic E-state index is -0.649. The Balaban J connectivity index is 0.00000176. The van der Waals surface area contributed by atoms with Crippen LogP contribution in [0.3, 0.4) is 0 Å². The number of pyridine rings is 1. The van der Waals surface area contributed by atoms with Gasteiger partial charge in [0.1, 0.15) is 11.5 Å². The van der Waals surface area contributed by atoms with Gasteiger partial charge in [-0.25, -0.2) is 15.0 Å². The third-order valence-corrected chi connectivity index (χ3v) is 5.16. The van der Waals surface area contributed by atoms with Crippen molar-refractivity contribution in [2.75, 3.05) is 30.3 Å². The van der Waals surface area contributed by atoms with Gasteiger partial charge in [-0.2, -0.15) is 0 Å². The number of nitrogens with one attached hydrogen (secondary N) is 1. The van der Waals surface area contributed by atoms with Crippen LogP contribution in [0, 0.1) is 0 Å². The van der Waals surface area contributed by atoms with Crippen molar-refractivity contribution < 1.29 is 14.7 Å². The van der Waals surface area contributed by atoms with E-state index in [-0.39, 0.29) is 34.9 Å². The van der Waals surface area contributed by atoms with Crippen molar-refractivity contribution in [2.24, 2.45) is 5.73 Å². The molecule has 1 aliphatic heterocycles. The van der Waals surface area contributed by atoms with Crippen molar-refractivity contribution in [2.45, 2.75) is 45.6 Å². The van der Waals surface area contributed by atoms with Crippen LogP contribution in [0.15, 0.2) is 18.2 Å². The average molecular weight is 464 g/mol. The predicted molar refractivity (Wildman–Crippen MR) is 124 cm³/mol. The van der Waals surface area contributed by atoms with E-state index < -0.39 is 17.9 Å². The first-order valence-electron chi connectivity index (χ1n) is 10.6. The van der Waals surface area contributed by atoms with E-state index in [1.54, 1.807) is 19.1 Å². The second-order valence-electron chi connectivity index (χ2n) is 7.24. The first kappa shape index (κ1) is 25.3. The Morgan fingerprint density at radius 1 is 1.25 bits per heavy atom. The number of carbonyl (C=O) groups excluding carboxylic acids is 2. The third kappa shape index (κ3) is 6.27. The number of hydrogen-bond acceptors (Lipinski definition) is 8. The van der Waals surface area contributed by atoms with Crippen LogP contribution in [-0.4, -0.2) is 57.6 Å². The summed E-state index contributed by atoms with van der Waals surface area (Å²) in [7, 11) is 0. The maximum atomic E-state index is 12.3. The van der Waals surface area contributed by atoms with Gasteiger partial charge < -0.3 is 26.8 Å². The van der Waals surface area contributed by atoms with Gasteiger partial charge in [0.05, 0.1) is 12.3 Å². The van der Waals surface area contributed by atoms with Crippen LogP contribution in [0.4, 0.5) is 11.5 Å². The highest BCUT2D eigenvalue weighted by Crippen LogP contribution is 2.30. The minimum absolute atomic E-state index is 0.0253. The van der Waals surface area contributed by atoms with E-state index in [2.05, 4.69) is 20.3 Å². The molecule has 1 aliphatic rings. The molecule has 11 heteroatoms. The highest BCUT2D eigenvalue weighted by Gasteiger charge is 2.25. The average Bonchev–Trinajstić information content (AvgIpc) is 2.80. The van der Waals surface area contributed by atoms with Crippen molar-refractivity contribution in [3.8, 4) is 0 Å². The van der Waals surface area contributed by atoms with Gasteiger partial charge in [0, 0.05) is 36.8 Å². The number of aromatic nitrogens is 3. The highest BCUT2D eigenvalue weighted by molar-refractivity contribution is 6.28. The fraction of sp³-hybridized carbons (Fsp3) is 0.476. The second-order valence-corrected chi connectivity index (χ2v) is 7.58. The van der Waals surface area contributed by atoms with E-state index in [0.29, 0.717) is 18.9 Å². The molecule has 2 aromatic rings. The number of amides is 2.